The summed E-state index contributed by atoms with van der Waals surface area (Å²) in [4.78, 5) is 2.45. The van der Waals surface area contributed by atoms with Gasteiger partial charge in [-0.1, -0.05) is 30.0 Å². The lowest BCUT2D eigenvalue weighted by atomic mass is 10.00. The Hall–Kier alpha value is -1.54. The molecule has 23 heavy (non-hydrogen) atoms. The number of nitrogens with zero attached hydrogens (tertiary/aromatic N) is 2. The summed E-state index contributed by atoms with van der Waals surface area (Å²) in [6, 6.07) is 6.96. The predicted molar refractivity (Wildman–Crippen MR) is 98.6 cm³/mol. The Bertz CT molecular complexity index is 760. The molecular weight excluding hydrogens is 280 g/mol. The summed E-state index contributed by atoms with van der Waals surface area (Å²) in [7, 11) is 2.24. The molecule has 1 aromatic heterocycles. The van der Waals surface area contributed by atoms with Crippen molar-refractivity contribution in [2.75, 3.05) is 13.6 Å². The van der Waals surface area contributed by atoms with E-state index in [4.69, 9.17) is 0 Å². The molecule has 0 N–H and O–H groups in total. The molecule has 0 amide bonds. The minimum Gasteiger partial charge on any atom is -0.320 e. The number of likely N-dealkylation sites (N-methyl/N-ethyl adjacent to an activating group) is 1. The molecule has 0 spiro atoms. The lowest BCUT2D eigenvalue weighted by molar-refractivity contribution is 0.312. The van der Waals surface area contributed by atoms with Gasteiger partial charge in [0.15, 0.2) is 0 Å². The minimum atomic E-state index is 0.805. The molecule has 4 rings (SSSR count). The van der Waals surface area contributed by atoms with Crippen molar-refractivity contribution in [1.82, 2.24) is 9.47 Å². The molecule has 0 unspecified atom stereocenters. The number of aryl methyl sites for hydroxylation is 1. The molecule has 1 aliphatic heterocycles. The van der Waals surface area contributed by atoms with E-state index < -0.39 is 0 Å². The summed E-state index contributed by atoms with van der Waals surface area (Å²) in [5.41, 5.74) is 7.42. The number of hydrogen-bond donors (Lipinski definition) is 0. The molecule has 1 aliphatic carbocycles. The van der Waals surface area contributed by atoms with Crippen molar-refractivity contribution in [1.29, 1.82) is 0 Å². The van der Waals surface area contributed by atoms with Crippen molar-refractivity contribution in [3.63, 3.8) is 0 Å². The second kappa shape index (κ2) is 5.83. The van der Waals surface area contributed by atoms with Crippen molar-refractivity contribution in [2.45, 2.75) is 52.5 Å². The van der Waals surface area contributed by atoms with Gasteiger partial charge in [0.1, 0.15) is 0 Å². The first-order valence-corrected chi connectivity index (χ1v) is 9.12. The third-order valence-corrected chi connectivity index (χ3v) is 5.87. The van der Waals surface area contributed by atoms with Gasteiger partial charge in [-0.15, -0.1) is 0 Å². The second-order valence-electron chi connectivity index (χ2n) is 7.66. The first kappa shape index (κ1) is 15.0. The van der Waals surface area contributed by atoms with Gasteiger partial charge < -0.3 is 9.47 Å². The summed E-state index contributed by atoms with van der Waals surface area (Å²) < 4.78 is 2.52. The third-order valence-electron chi connectivity index (χ3n) is 5.87. The minimum absolute atomic E-state index is 0.805. The van der Waals surface area contributed by atoms with Crippen LogP contribution in [0.3, 0.4) is 0 Å². The highest BCUT2D eigenvalue weighted by molar-refractivity contribution is 5.88. The Labute approximate surface area is 139 Å². The van der Waals surface area contributed by atoms with Crippen LogP contribution in [0.2, 0.25) is 0 Å². The Morgan fingerprint density at radius 3 is 2.78 bits per heavy atom. The van der Waals surface area contributed by atoms with E-state index in [0.29, 0.717) is 0 Å². The zero-order valence-electron chi connectivity index (χ0n) is 14.7. The molecule has 1 saturated carbocycles. The fourth-order valence-electron chi connectivity index (χ4n) is 4.48. The van der Waals surface area contributed by atoms with Crippen LogP contribution in [0.25, 0.3) is 17.1 Å². The topological polar surface area (TPSA) is 8.17 Å². The summed E-state index contributed by atoms with van der Waals surface area (Å²) in [6.07, 6.45) is 9.19. The quantitative estimate of drug-likeness (QED) is 0.759. The third kappa shape index (κ3) is 2.63. The molecule has 0 radical (unpaired) electrons. The fraction of sp³-hybridized carbons (Fsp3) is 0.524. The molecule has 122 valence electrons. The summed E-state index contributed by atoms with van der Waals surface area (Å²) in [5.74, 6) is 0.805. The Balaban J connectivity index is 1.87. The number of benzene rings is 1. The molecule has 2 heterocycles. The molecule has 0 bridgehead atoms. The van der Waals surface area contributed by atoms with E-state index in [1.54, 1.807) is 16.8 Å². The van der Waals surface area contributed by atoms with E-state index in [2.05, 4.69) is 54.8 Å². The number of fused-ring (bicyclic) bond motifs is 3. The first-order chi connectivity index (χ1) is 11.1. The lowest BCUT2D eigenvalue weighted by Crippen LogP contribution is -2.26. The van der Waals surface area contributed by atoms with Gasteiger partial charge in [0.25, 0.3) is 0 Å². The van der Waals surface area contributed by atoms with Crippen molar-refractivity contribution in [2.24, 2.45) is 5.92 Å². The number of hydrogen-bond acceptors (Lipinski definition) is 1. The van der Waals surface area contributed by atoms with E-state index in [0.717, 1.165) is 18.9 Å². The lowest BCUT2D eigenvalue weighted by Gasteiger charge is -2.24. The Morgan fingerprint density at radius 2 is 2.00 bits per heavy atom. The van der Waals surface area contributed by atoms with Crippen LogP contribution in [0.5, 0.6) is 0 Å². The van der Waals surface area contributed by atoms with Crippen LogP contribution in [0.15, 0.2) is 23.8 Å². The second-order valence-corrected chi connectivity index (χ2v) is 7.66. The van der Waals surface area contributed by atoms with Crippen LogP contribution in [-0.2, 0) is 13.0 Å². The summed E-state index contributed by atoms with van der Waals surface area (Å²) in [6.45, 7) is 6.80. The van der Waals surface area contributed by atoms with E-state index >= 15 is 0 Å². The monoisotopic (exact) mass is 308 g/mol. The van der Waals surface area contributed by atoms with Gasteiger partial charge in [-0.05, 0) is 57.4 Å². The number of aromatic nitrogens is 1. The van der Waals surface area contributed by atoms with Crippen LogP contribution in [0, 0.1) is 12.8 Å². The van der Waals surface area contributed by atoms with Gasteiger partial charge in [-0.2, -0.15) is 0 Å². The number of rotatable bonds is 2. The average molecular weight is 308 g/mol. The molecular formula is C21H28N2. The maximum Gasteiger partial charge on any atom is 0.0528 e. The molecule has 2 aromatic rings. The van der Waals surface area contributed by atoms with Crippen LogP contribution < -0.4 is 0 Å². The van der Waals surface area contributed by atoms with E-state index in [9.17, 15) is 0 Å². The zero-order chi connectivity index (χ0) is 16.0. The molecule has 1 aromatic carbocycles. The molecule has 2 nitrogen and oxygen atoms in total. The van der Waals surface area contributed by atoms with Crippen LogP contribution >= 0.6 is 0 Å². The van der Waals surface area contributed by atoms with Gasteiger partial charge in [-0.25, -0.2) is 0 Å². The van der Waals surface area contributed by atoms with E-state index in [1.165, 1.54) is 48.7 Å². The average Bonchev–Trinajstić information content (AvgIpc) is 3.15. The highest BCUT2D eigenvalue weighted by atomic mass is 15.1. The Morgan fingerprint density at radius 1 is 1.22 bits per heavy atom. The van der Waals surface area contributed by atoms with Crippen molar-refractivity contribution >= 4 is 17.1 Å². The molecule has 2 aliphatic rings. The molecule has 0 atom stereocenters. The largest absolute Gasteiger partial charge is 0.320 e. The van der Waals surface area contributed by atoms with E-state index in [1.807, 2.05) is 0 Å². The van der Waals surface area contributed by atoms with Gasteiger partial charge in [-0.3, -0.25) is 0 Å². The van der Waals surface area contributed by atoms with Crippen LogP contribution in [0.4, 0.5) is 0 Å². The molecule has 2 heteroatoms. The highest BCUT2D eigenvalue weighted by Crippen LogP contribution is 2.35. The maximum atomic E-state index is 2.52. The maximum absolute atomic E-state index is 2.52. The molecule has 1 fully saturated rings. The number of allylic oxidation sites excluding steroid dienone is 1. The molecule has 0 saturated heterocycles. The van der Waals surface area contributed by atoms with Gasteiger partial charge in [0.05, 0.1) is 5.52 Å². The zero-order valence-corrected chi connectivity index (χ0v) is 14.7. The summed E-state index contributed by atoms with van der Waals surface area (Å²) >= 11 is 0. The Kier molecular flexibility index (Phi) is 3.81. The normalized spacial score (nSPS) is 20.4. The summed E-state index contributed by atoms with van der Waals surface area (Å²) in [5, 5.41) is 1.46. The smallest absolute Gasteiger partial charge is 0.0528 e. The van der Waals surface area contributed by atoms with Gasteiger partial charge in [0, 0.05) is 36.8 Å². The first-order valence-electron chi connectivity index (χ1n) is 9.12. The standard InChI is InChI=1S/C21H28N2/c1-15-8-9-20-18(12-15)19-14-22(3)11-10-21(19)23(20)13-16(2)17-6-4-5-7-17/h8-9,12-13,17H,4-7,10-11,14H2,1-3H3/b16-13+. The van der Waals surface area contributed by atoms with Crippen LogP contribution in [-0.4, -0.2) is 23.1 Å². The fourth-order valence-corrected chi connectivity index (χ4v) is 4.48. The predicted octanol–water partition coefficient (Wildman–Crippen LogP) is 4.99. The van der Waals surface area contributed by atoms with Gasteiger partial charge >= 0.3 is 0 Å². The SMILES string of the molecule is C/C(=C\n1c2c(c3cc(C)ccc31)CN(C)CC2)C1CCCC1. The van der Waals surface area contributed by atoms with Crippen molar-refractivity contribution in [3.8, 4) is 0 Å². The van der Waals surface area contributed by atoms with Crippen molar-refractivity contribution in [3.05, 3.63) is 40.6 Å². The van der Waals surface area contributed by atoms with Gasteiger partial charge in [0.2, 0.25) is 0 Å². The van der Waals surface area contributed by atoms with Crippen molar-refractivity contribution < 1.29 is 0 Å². The van der Waals surface area contributed by atoms with E-state index in [-0.39, 0.29) is 0 Å². The highest BCUT2D eigenvalue weighted by Gasteiger charge is 2.23. The van der Waals surface area contributed by atoms with Crippen LogP contribution in [0.1, 0.15) is 49.4 Å².